The van der Waals surface area contributed by atoms with Gasteiger partial charge in [-0.3, -0.25) is 9.59 Å². The van der Waals surface area contributed by atoms with Crippen molar-refractivity contribution in [2.75, 3.05) is 4.72 Å². The van der Waals surface area contributed by atoms with Gasteiger partial charge in [-0.1, -0.05) is 84.9 Å². The smallest absolute Gasteiger partial charge is 0.306 e. The molecule has 4 aromatic carbocycles. The first-order valence-electron chi connectivity index (χ1n) is 13.9. The molecule has 0 bridgehead atoms. The van der Waals surface area contributed by atoms with Gasteiger partial charge in [0.1, 0.15) is 11.4 Å². The lowest BCUT2D eigenvalue weighted by molar-refractivity contribution is -0.154. The zero-order chi connectivity index (χ0) is 29.2. The van der Waals surface area contributed by atoms with Crippen LogP contribution in [0.3, 0.4) is 0 Å². The molecule has 1 atom stereocenters. The summed E-state index contributed by atoms with van der Waals surface area (Å²) in [6, 6.07) is 33.1. The van der Waals surface area contributed by atoms with Crippen molar-refractivity contribution in [3.05, 3.63) is 120 Å². The Morgan fingerprint density at radius 2 is 1.37 bits per heavy atom. The molecule has 1 unspecified atom stereocenters. The summed E-state index contributed by atoms with van der Waals surface area (Å²) in [5.41, 5.74) is 5.25. The van der Waals surface area contributed by atoms with E-state index < -0.39 is 16.6 Å². The Labute approximate surface area is 245 Å². The third kappa shape index (κ3) is 9.54. The number of carbonyl (C=O) groups is 2. The number of hydrogen-bond donors (Lipinski definition) is 1. The van der Waals surface area contributed by atoms with Gasteiger partial charge in [-0.05, 0) is 79.6 Å². The fourth-order valence-corrected chi connectivity index (χ4v) is 5.56. The Morgan fingerprint density at radius 1 is 0.732 bits per heavy atom. The second kappa shape index (κ2) is 14.0. The van der Waals surface area contributed by atoms with E-state index in [1.807, 2.05) is 118 Å². The number of ether oxygens (including phenoxy) is 1. The third-order valence-corrected chi connectivity index (χ3v) is 7.64. The van der Waals surface area contributed by atoms with Gasteiger partial charge < -0.3 is 9.46 Å². The van der Waals surface area contributed by atoms with Crippen LogP contribution in [-0.4, -0.2) is 21.6 Å². The number of anilines is 1. The predicted molar refractivity (Wildman–Crippen MR) is 166 cm³/mol. The normalized spacial score (nSPS) is 12.0. The zero-order valence-electron chi connectivity index (χ0n) is 23.9. The first-order chi connectivity index (χ1) is 19.7. The van der Waals surface area contributed by atoms with Crippen molar-refractivity contribution >= 4 is 28.4 Å². The van der Waals surface area contributed by atoms with Crippen molar-refractivity contribution in [3.8, 4) is 11.1 Å². The summed E-state index contributed by atoms with van der Waals surface area (Å²) in [6.07, 6.45) is 2.38. The maximum Gasteiger partial charge on any atom is 0.306 e. The molecule has 1 N–H and O–H groups in total. The fraction of sp³-hybridized carbons (Fsp3) is 0.257. The number of benzene rings is 4. The maximum atomic E-state index is 13.2. The molecule has 0 saturated heterocycles. The standard InChI is InChI=1S/C35H37NO4S/c1-35(2,3)40-34(38)23-19-27-11-9-10-26(24-27)18-22-31(37)25-28-16-20-30(21-17-28)36-41(39)33-15-8-7-14-32(33)29-12-5-4-6-13-29/h4-17,20-21,24,36H,18-19,22-23,25H2,1-3H3. The molecular weight excluding hydrogens is 530 g/mol. The van der Waals surface area contributed by atoms with E-state index in [9.17, 15) is 13.8 Å². The van der Waals surface area contributed by atoms with Crippen molar-refractivity contribution in [3.63, 3.8) is 0 Å². The molecule has 0 spiro atoms. The van der Waals surface area contributed by atoms with Gasteiger partial charge in [-0.25, -0.2) is 4.21 Å². The summed E-state index contributed by atoms with van der Waals surface area (Å²) in [5, 5.41) is 0. The molecule has 0 aliphatic rings. The monoisotopic (exact) mass is 567 g/mol. The summed E-state index contributed by atoms with van der Waals surface area (Å²) < 4.78 is 21.6. The Morgan fingerprint density at radius 3 is 2.05 bits per heavy atom. The maximum absolute atomic E-state index is 13.2. The minimum absolute atomic E-state index is 0.158. The summed E-state index contributed by atoms with van der Waals surface area (Å²) in [5.74, 6) is -0.0484. The summed E-state index contributed by atoms with van der Waals surface area (Å²) in [4.78, 5) is 25.5. The van der Waals surface area contributed by atoms with E-state index in [-0.39, 0.29) is 11.8 Å². The van der Waals surface area contributed by atoms with E-state index in [2.05, 4.69) is 10.8 Å². The topological polar surface area (TPSA) is 72.5 Å². The first kappa shape index (κ1) is 29.9. The third-order valence-electron chi connectivity index (χ3n) is 6.46. The molecule has 0 amide bonds. The van der Waals surface area contributed by atoms with E-state index in [0.717, 1.165) is 33.5 Å². The SMILES string of the molecule is CC(C)(C)OC(=O)CCc1cccc(CCC(=O)Cc2ccc(NS(=O)c3ccccc3-c3ccccc3)cc2)c1. The lowest BCUT2D eigenvalue weighted by Gasteiger charge is -2.19. The van der Waals surface area contributed by atoms with Gasteiger partial charge in [0.25, 0.3) is 0 Å². The van der Waals surface area contributed by atoms with Crippen LogP contribution in [0.25, 0.3) is 11.1 Å². The molecule has 0 heterocycles. The van der Waals surface area contributed by atoms with Crippen LogP contribution < -0.4 is 4.72 Å². The average molecular weight is 568 g/mol. The number of nitrogens with one attached hydrogen (secondary N) is 1. The second-order valence-electron chi connectivity index (χ2n) is 11.1. The van der Waals surface area contributed by atoms with Gasteiger partial charge >= 0.3 is 5.97 Å². The summed E-state index contributed by atoms with van der Waals surface area (Å²) in [6.45, 7) is 5.59. The highest BCUT2D eigenvalue weighted by atomic mass is 32.2. The zero-order valence-corrected chi connectivity index (χ0v) is 24.7. The highest BCUT2D eigenvalue weighted by Crippen LogP contribution is 2.27. The van der Waals surface area contributed by atoms with Crippen LogP contribution in [0.15, 0.2) is 108 Å². The van der Waals surface area contributed by atoms with Crippen molar-refractivity contribution in [1.29, 1.82) is 0 Å². The minimum atomic E-state index is -1.44. The number of carbonyl (C=O) groups excluding carboxylic acids is 2. The largest absolute Gasteiger partial charge is 0.460 e. The molecule has 0 aliphatic carbocycles. The van der Waals surface area contributed by atoms with Crippen LogP contribution in [0.2, 0.25) is 0 Å². The molecule has 0 aliphatic heterocycles. The van der Waals surface area contributed by atoms with Crippen LogP contribution in [0.5, 0.6) is 0 Å². The van der Waals surface area contributed by atoms with E-state index in [1.54, 1.807) is 0 Å². The molecule has 0 fully saturated rings. The van der Waals surface area contributed by atoms with Gasteiger partial charge in [-0.2, -0.15) is 0 Å². The first-order valence-corrected chi connectivity index (χ1v) is 15.0. The van der Waals surface area contributed by atoms with Crippen LogP contribution in [0, 0.1) is 0 Å². The van der Waals surface area contributed by atoms with Crippen molar-refractivity contribution in [2.24, 2.45) is 0 Å². The number of rotatable bonds is 12. The van der Waals surface area contributed by atoms with Crippen molar-refractivity contribution < 1.29 is 18.5 Å². The van der Waals surface area contributed by atoms with Gasteiger partial charge in [0.15, 0.2) is 11.0 Å². The summed E-state index contributed by atoms with van der Waals surface area (Å²) in [7, 11) is -1.44. The highest BCUT2D eigenvalue weighted by molar-refractivity contribution is 7.86. The van der Waals surface area contributed by atoms with E-state index >= 15 is 0 Å². The summed E-state index contributed by atoms with van der Waals surface area (Å²) >= 11 is 0. The Hall–Kier alpha value is -4.03. The molecule has 0 saturated carbocycles. The number of esters is 1. The van der Waals surface area contributed by atoms with Gasteiger partial charge in [0.05, 0.1) is 4.90 Å². The van der Waals surface area contributed by atoms with E-state index in [0.29, 0.717) is 37.0 Å². The molecule has 0 radical (unpaired) electrons. The van der Waals surface area contributed by atoms with Crippen molar-refractivity contribution in [1.82, 2.24) is 0 Å². The number of Topliss-reactive ketones (excluding diaryl/α,β-unsaturated/α-hetero) is 1. The van der Waals surface area contributed by atoms with E-state index in [4.69, 9.17) is 4.74 Å². The molecule has 4 rings (SSSR count). The molecule has 4 aromatic rings. The van der Waals surface area contributed by atoms with Crippen LogP contribution in [0.4, 0.5) is 5.69 Å². The van der Waals surface area contributed by atoms with Gasteiger partial charge in [-0.15, -0.1) is 0 Å². The van der Waals surface area contributed by atoms with E-state index in [1.165, 1.54) is 0 Å². The molecule has 5 nitrogen and oxygen atoms in total. The van der Waals surface area contributed by atoms with Gasteiger partial charge in [0.2, 0.25) is 0 Å². The number of ketones is 1. The second-order valence-corrected chi connectivity index (χ2v) is 12.2. The lowest BCUT2D eigenvalue weighted by atomic mass is 10.00. The van der Waals surface area contributed by atoms with Crippen LogP contribution in [0.1, 0.15) is 50.3 Å². The number of hydrogen-bond acceptors (Lipinski definition) is 4. The molecular formula is C35H37NO4S. The minimum Gasteiger partial charge on any atom is -0.460 e. The molecule has 0 aromatic heterocycles. The van der Waals surface area contributed by atoms with Gasteiger partial charge in [0, 0.05) is 24.9 Å². The quantitative estimate of drug-likeness (QED) is 0.180. The molecule has 6 heteroatoms. The number of aryl methyl sites for hydroxylation is 2. The van der Waals surface area contributed by atoms with Crippen LogP contribution in [-0.2, 0) is 44.6 Å². The molecule has 41 heavy (non-hydrogen) atoms. The Bertz CT molecular complexity index is 1490. The average Bonchev–Trinajstić information content (AvgIpc) is 2.96. The predicted octanol–water partition coefficient (Wildman–Crippen LogP) is 7.51. The highest BCUT2D eigenvalue weighted by Gasteiger charge is 2.16. The Kier molecular flexibility index (Phi) is 10.3. The van der Waals surface area contributed by atoms with Crippen molar-refractivity contribution in [2.45, 2.75) is 63.4 Å². The molecule has 212 valence electrons. The Balaban J connectivity index is 1.27. The fourth-order valence-electron chi connectivity index (χ4n) is 4.52. The van der Waals surface area contributed by atoms with Crippen LogP contribution >= 0.6 is 0 Å². The lowest BCUT2D eigenvalue weighted by Crippen LogP contribution is -2.24.